The molecular formula is C15H25BrN2O4S. The summed E-state index contributed by atoms with van der Waals surface area (Å²) in [7, 11) is 0. The van der Waals surface area contributed by atoms with Gasteiger partial charge in [-0.15, -0.1) is 0 Å². The lowest BCUT2D eigenvalue weighted by Gasteiger charge is -2.37. The van der Waals surface area contributed by atoms with Crippen molar-refractivity contribution in [2.24, 2.45) is 11.7 Å². The molecule has 0 aromatic heterocycles. The summed E-state index contributed by atoms with van der Waals surface area (Å²) in [5, 5.41) is 0.688. The summed E-state index contributed by atoms with van der Waals surface area (Å²) in [5.74, 6) is -1.43. The Hall–Kier alpha value is -0.600. The maximum Gasteiger partial charge on any atom is 0.339 e. The summed E-state index contributed by atoms with van der Waals surface area (Å²) in [4.78, 5) is 39.4. The number of ketones is 1. The van der Waals surface area contributed by atoms with Crippen molar-refractivity contribution >= 4 is 46.2 Å². The van der Waals surface area contributed by atoms with Gasteiger partial charge in [-0.3, -0.25) is 9.59 Å². The lowest BCUT2D eigenvalue weighted by atomic mass is 9.86. The number of thiol groups is 1. The van der Waals surface area contributed by atoms with Crippen LogP contribution in [0.2, 0.25) is 0 Å². The standard InChI is InChI=1S/C15H25BrN2O4S/c1-10(9-23)13(20)18-7-3-5-15(18,12(19)11(2)17)14(21)22-8-4-6-16/h10-11,23H,3-9,17H2,1-2H3/t10?,11?,15-/m0/s1. The van der Waals surface area contributed by atoms with E-state index in [0.717, 1.165) is 0 Å². The summed E-state index contributed by atoms with van der Waals surface area (Å²) < 4.78 is 5.28. The molecule has 0 aromatic carbocycles. The number of carbonyl (C=O) groups excluding carboxylic acids is 3. The van der Waals surface area contributed by atoms with Crippen molar-refractivity contribution < 1.29 is 19.1 Å². The van der Waals surface area contributed by atoms with Gasteiger partial charge in [0.05, 0.1) is 12.6 Å². The summed E-state index contributed by atoms with van der Waals surface area (Å²) >= 11 is 7.40. The van der Waals surface area contributed by atoms with Crippen LogP contribution in [0.3, 0.4) is 0 Å². The highest BCUT2D eigenvalue weighted by Crippen LogP contribution is 2.34. The van der Waals surface area contributed by atoms with E-state index in [2.05, 4.69) is 28.6 Å². The van der Waals surface area contributed by atoms with Gasteiger partial charge in [-0.2, -0.15) is 12.6 Å². The molecule has 1 aliphatic rings. The number of amides is 1. The van der Waals surface area contributed by atoms with E-state index in [1.807, 2.05) is 0 Å². The Balaban J connectivity index is 3.15. The lowest BCUT2D eigenvalue weighted by molar-refractivity contribution is -0.167. The fourth-order valence-corrected chi connectivity index (χ4v) is 3.13. The van der Waals surface area contributed by atoms with Crippen molar-refractivity contribution in [3.63, 3.8) is 0 Å². The van der Waals surface area contributed by atoms with Crippen LogP contribution in [0.5, 0.6) is 0 Å². The predicted molar refractivity (Wildman–Crippen MR) is 94.7 cm³/mol. The Morgan fingerprint density at radius 2 is 2.04 bits per heavy atom. The first-order chi connectivity index (χ1) is 10.8. The van der Waals surface area contributed by atoms with E-state index in [-0.39, 0.29) is 24.9 Å². The predicted octanol–water partition coefficient (Wildman–Crippen LogP) is 1.16. The molecular weight excluding hydrogens is 384 g/mol. The van der Waals surface area contributed by atoms with E-state index in [1.165, 1.54) is 11.8 Å². The second-order valence-corrected chi connectivity index (χ2v) is 7.03. The quantitative estimate of drug-likeness (QED) is 0.207. The Kier molecular flexibility index (Phi) is 8.03. The van der Waals surface area contributed by atoms with Crippen molar-refractivity contribution in [3.8, 4) is 0 Å². The number of rotatable bonds is 8. The SMILES string of the molecule is CC(N)C(=O)[C@]1(C(=O)OCCCBr)CCCN1C(=O)C(C)CS. The minimum Gasteiger partial charge on any atom is -0.464 e. The molecule has 2 unspecified atom stereocenters. The molecule has 0 aliphatic carbocycles. The first-order valence-corrected chi connectivity index (χ1v) is 9.53. The van der Waals surface area contributed by atoms with Gasteiger partial charge in [0.25, 0.3) is 0 Å². The van der Waals surface area contributed by atoms with Crippen molar-refractivity contribution in [2.45, 2.75) is 44.7 Å². The number of Topliss-reactive ketones (excluding diaryl/α,β-unsaturated/α-hetero) is 1. The normalized spacial score (nSPS) is 23.4. The largest absolute Gasteiger partial charge is 0.464 e. The van der Waals surface area contributed by atoms with Gasteiger partial charge in [-0.25, -0.2) is 4.79 Å². The molecule has 132 valence electrons. The molecule has 1 aliphatic heterocycles. The maximum absolute atomic E-state index is 12.7. The van der Waals surface area contributed by atoms with E-state index in [1.54, 1.807) is 6.92 Å². The van der Waals surface area contributed by atoms with Crippen LogP contribution >= 0.6 is 28.6 Å². The highest BCUT2D eigenvalue weighted by Gasteiger charge is 2.57. The Bertz CT molecular complexity index is 461. The van der Waals surface area contributed by atoms with Crippen LogP contribution in [0, 0.1) is 5.92 Å². The molecule has 0 saturated carbocycles. The Morgan fingerprint density at radius 3 is 2.57 bits per heavy atom. The summed E-state index contributed by atoms with van der Waals surface area (Å²) in [6.45, 7) is 3.80. The van der Waals surface area contributed by atoms with E-state index in [9.17, 15) is 14.4 Å². The zero-order chi connectivity index (χ0) is 17.6. The zero-order valence-electron chi connectivity index (χ0n) is 13.6. The van der Waals surface area contributed by atoms with Gasteiger partial charge in [0.1, 0.15) is 0 Å². The van der Waals surface area contributed by atoms with Gasteiger partial charge in [-0.1, -0.05) is 22.9 Å². The molecule has 8 heteroatoms. The van der Waals surface area contributed by atoms with Gasteiger partial charge in [0, 0.05) is 23.5 Å². The first-order valence-electron chi connectivity index (χ1n) is 7.78. The van der Waals surface area contributed by atoms with Gasteiger partial charge < -0.3 is 15.4 Å². The number of ether oxygens (including phenoxy) is 1. The smallest absolute Gasteiger partial charge is 0.339 e. The third-order valence-electron chi connectivity index (χ3n) is 4.01. The van der Waals surface area contributed by atoms with Gasteiger partial charge >= 0.3 is 5.97 Å². The fourth-order valence-electron chi connectivity index (χ4n) is 2.75. The molecule has 1 fully saturated rings. The van der Waals surface area contributed by atoms with Crippen molar-refractivity contribution in [1.29, 1.82) is 0 Å². The van der Waals surface area contributed by atoms with Crippen LogP contribution in [-0.4, -0.2) is 58.4 Å². The van der Waals surface area contributed by atoms with Gasteiger partial charge in [0.15, 0.2) is 5.78 Å². The first kappa shape index (κ1) is 20.4. The number of esters is 1. The maximum atomic E-state index is 12.7. The van der Waals surface area contributed by atoms with Crippen molar-refractivity contribution in [1.82, 2.24) is 4.90 Å². The zero-order valence-corrected chi connectivity index (χ0v) is 16.1. The monoisotopic (exact) mass is 408 g/mol. The summed E-state index contributed by atoms with van der Waals surface area (Å²) in [6.07, 6.45) is 1.46. The molecule has 1 saturated heterocycles. The number of alkyl halides is 1. The second kappa shape index (κ2) is 9.03. The minimum absolute atomic E-state index is 0.197. The molecule has 1 heterocycles. The number of hydrogen-bond acceptors (Lipinski definition) is 6. The van der Waals surface area contributed by atoms with Gasteiger partial charge in [-0.05, 0) is 26.2 Å². The third kappa shape index (κ3) is 4.28. The lowest BCUT2D eigenvalue weighted by Crippen LogP contribution is -2.63. The topological polar surface area (TPSA) is 89.7 Å². The molecule has 6 nitrogen and oxygen atoms in total. The molecule has 0 aromatic rings. The molecule has 0 spiro atoms. The van der Waals surface area contributed by atoms with Crippen LogP contribution in [0.4, 0.5) is 0 Å². The average Bonchev–Trinajstić information content (AvgIpc) is 2.98. The van der Waals surface area contributed by atoms with E-state index >= 15 is 0 Å². The average molecular weight is 409 g/mol. The molecule has 23 heavy (non-hydrogen) atoms. The molecule has 0 radical (unpaired) electrons. The van der Waals surface area contributed by atoms with Crippen LogP contribution in [0.15, 0.2) is 0 Å². The van der Waals surface area contributed by atoms with Crippen LogP contribution in [-0.2, 0) is 19.1 Å². The van der Waals surface area contributed by atoms with Crippen molar-refractivity contribution in [3.05, 3.63) is 0 Å². The molecule has 1 rings (SSSR count). The second-order valence-electron chi connectivity index (χ2n) is 5.87. The summed E-state index contributed by atoms with van der Waals surface area (Å²) in [5.41, 5.74) is 4.16. The number of halogens is 1. The van der Waals surface area contributed by atoms with E-state index in [4.69, 9.17) is 10.5 Å². The van der Waals surface area contributed by atoms with Crippen LogP contribution < -0.4 is 5.73 Å². The Morgan fingerprint density at radius 1 is 1.39 bits per heavy atom. The molecule has 3 atom stereocenters. The number of likely N-dealkylation sites (tertiary alicyclic amines) is 1. The van der Waals surface area contributed by atoms with Crippen LogP contribution in [0.1, 0.15) is 33.1 Å². The third-order valence-corrected chi connectivity index (χ3v) is 5.12. The Labute approximate surface area is 151 Å². The number of hydrogen-bond donors (Lipinski definition) is 2. The van der Waals surface area contributed by atoms with E-state index in [0.29, 0.717) is 30.5 Å². The number of carbonyl (C=O) groups is 3. The highest BCUT2D eigenvalue weighted by atomic mass is 79.9. The minimum atomic E-state index is -1.59. The molecule has 1 amide bonds. The van der Waals surface area contributed by atoms with E-state index < -0.39 is 23.3 Å². The summed E-state index contributed by atoms with van der Waals surface area (Å²) in [6, 6.07) is -0.849. The molecule has 0 bridgehead atoms. The van der Waals surface area contributed by atoms with Crippen LogP contribution in [0.25, 0.3) is 0 Å². The highest BCUT2D eigenvalue weighted by molar-refractivity contribution is 9.09. The fraction of sp³-hybridized carbons (Fsp3) is 0.800. The van der Waals surface area contributed by atoms with Gasteiger partial charge in [0.2, 0.25) is 11.4 Å². The molecule has 2 N–H and O–H groups in total. The number of nitrogens with zero attached hydrogens (tertiary/aromatic N) is 1. The van der Waals surface area contributed by atoms with Crippen molar-refractivity contribution in [2.75, 3.05) is 24.2 Å². The number of nitrogens with two attached hydrogens (primary N) is 1.